The molecule has 0 saturated heterocycles. The molecule has 2 aromatic carbocycles. The first-order valence-corrected chi connectivity index (χ1v) is 8.57. The molecule has 1 heterocycles. The van der Waals surface area contributed by atoms with Crippen molar-refractivity contribution in [2.75, 3.05) is 0 Å². The zero-order valence-corrected chi connectivity index (χ0v) is 14.5. The minimum atomic E-state index is -0.869. The lowest BCUT2D eigenvalue weighted by molar-refractivity contribution is 0.0544. The summed E-state index contributed by atoms with van der Waals surface area (Å²) in [4.78, 5) is 4.11. The van der Waals surface area contributed by atoms with Gasteiger partial charge in [-0.05, 0) is 56.4 Å². The molecule has 3 nitrogen and oxygen atoms in total. The van der Waals surface area contributed by atoms with Crippen LogP contribution in [0.2, 0.25) is 0 Å². The zero-order chi connectivity index (χ0) is 18.5. The number of nitrogens with zero attached hydrogens (tertiary/aromatic N) is 1. The Morgan fingerprint density at radius 1 is 1.12 bits per heavy atom. The van der Waals surface area contributed by atoms with Crippen molar-refractivity contribution in [3.63, 3.8) is 0 Å². The fraction of sp³-hybridized carbons (Fsp3) is 0.286. The predicted octanol–water partition coefficient (Wildman–Crippen LogP) is 5.18. The highest BCUT2D eigenvalue weighted by Gasteiger charge is 2.49. The smallest absolute Gasteiger partial charge is 0.149 e. The van der Waals surface area contributed by atoms with Crippen LogP contribution in [0.1, 0.15) is 31.7 Å². The molecular formula is C21H19F2NO2. The maximum atomic E-state index is 14.5. The minimum absolute atomic E-state index is 0.00873. The first kappa shape index (κ1) is 16.9. The predicted molar refractivity (Wildman–Crippen MR) is 95.3 cm³/mol. The number of fused-ring (bicyclic) bond motifs is 1. The summed E-state index contributed by atoms with van der Waals surface area (Å²) in [5, 5.41) is 10.8. The van der Waals surface area contributed by atoms with Gasteiger partial charge in [-0.15, -0.1) is 0 Å². The maximum absolute atomic E-state index is 14.5. The van der Waals surface area contributed by atoms with Gasteiger partial charge in [0.25, 0.3) is 0 Å². The molecule has 0 radical (unpaired) electrons. The number of pyridine rings is 1. The van der Waals surface area contributed by atoms with Gasteiger partial charge in [-0.2, -0.15) is 0 Å². The first-order valence-electron chi connectivity index (χ1n) is 8.57. The Morgan fingerprint density at radius 2 is 1.85 bits per heavy atom. The van der Waals surface area contributed by atoms with E-state index in [1.54, 1.807) is 44.2 Å². The quantitative estimate of drug-likeness (QED) is 0.701. The zero-order valence-electron chi connectivity index (χ0n) is 14.5. The lowest BCUT2D eigenvalue weighted by Crippen LogP contribution is -2.22. The monoisotopic (exact) mass is 355 g/mol. The van der Waals surface area contributed by atoms with Crippen LogP contribution in [0.15, 0.2) is 48.7 Å². The molecule has 0 amide bonds. The Bertz CT molecular complexity index is 981. The normalized spacial score (nSPS) is 19.6. The molecular weight excluding hydrogens is 336 g/mol. The van der Waals surface area contributed by atoms with Crippen LogP contribution in [0, 0.1) is 17.6 Å². The van der Waals surface area contributed by atoms with Gasteiger partial charge in [0.05, 0.1) is 11.8 Å². The van der Waals surface area contributed by atoms with Crippen molar-refractivity contribution in [2.24, 2.45) is 5.92 Å². The number of para-hydroxylation sites is 1. The third kappa shape index (κ3) is 3.03. The Kier molecular flexibility index (Phi) is 3.92. The molecule has 1 saturated carbocycles. The van der Waals surface area contributed by atoms with Crippen molar-refractivity contribution < 1.29 is 18.6 Å². The lowest BCUT2D eigenvalue weighted by Gasteiger charge is -2.18. The van der Waals surface area contributed by atoms with E-state index in [1.165, 1.54) is 18.3 Å². The third-order valence-corrected chi connectivity index (χ3v) is 4.95. The molecule has 1 aromatic heterocycles. The highest BCUT2D eigenvalue weighted by atomic mass is 19.1. The van der Waals surface area contributed by atoms with E-state index in [9.17, 15) is 13.9 Å². The molecule has 1 aliphatic carbocycles. The molecule has 3 aromatic rings. The average Bonchev–Trinajstić information content (AvgIpc) is 3.36. The Morgan fingerprint density at radius 3 is 2.58 bits per heavy atom. The van der Waals surface area contributed by atoms with E-state index >= 15 is 0 Å². The molecule has 1 fully saturated rings. The summed E-state index contributed by atoms with van der Waals surface area (Å²) in [6.07, 6.45) is 2.14. The number of ether oxygens (including phenoxy) is 1. The molecule has 26 heavy (non-hydrogen) atoms. The summed E-state index contributed by atoms with van der Waals surface area (Å²) in [7, 11) is 0. The summed E-state index contributed by atoms with van der Waals surface area (Å²) in [5.74, 6) is -0.0251. The van der Waals surface area contributed by atoms with E-state index in [1.807, 2.05) is 0 Å². The molecule has 0 bridgehead atoms. The van der Waals surface area contributed by atoms with Crippen LogP contribution in [0.3, 0.4) is 0 Å². The molecule has 1 aliphatic rings. The van der Waals surface area contributed by atoms with Crippen molar-refractivity contribution >= 4 is 10.9 Å². The molecule has 2 unspecified atom stereocenters. The number of halogens is 2. The number of hydrogen-bond donors (Lipinski definition) is 1. The summed E-state index contributed by atoms with van der Waals surface area (Å²) in [6, 6.07) is 11.1. The average molecular weight is 355 g/mol. The van der Waals surface area contributed by atoms with Gasteiger partial charge in [0.1, 0.15) is 28.7 Å². The van der Waals surface area contributed by atoms with E-state index in [-0.39, 0.29) is 23.2 Å². The fourth-order valence-electron chi connectivity index (χ4n) is 3.55. The first-order chi connectivity index (χ1) is 12.3. The van der Waals surface area contributed by atoms with Crippen molar-refractivity contribution in [2.45, 2.75) is 31.8 Å². The van der Waals surface area contributed by atoms with Crippen molar-refractivity contribution in [3.8, 4) is 11.5 Å². The Balaban J connectivity index is 1.68. The van der Waals surface area contributed by atoms with Crippen LogP contribution in [-0.4, -0.2) is 15.7 Å². The van der Waals surface area contributed by atoms with Crippen LogP contribution in [-0.2, 0) is 0 Å². The van der Waals surface area contributed by atoms with Gasteiger partial charge >= 0.3 is 0 Å². The SMILES string of the molecule is CC(C)(O)C1CC1c1c(F)cccc1Oc1cnc2c(F)cccc2c1. The summed E-state index contributed by atoms with van der Waals surface area (Å²) < 4.78 is 34.1. The van der Waals surface area contributed by atoms with E-state index in [2.05, 4.69) is 4.98 Å². The van der Waals surface area contributed by atoms with Crippen molar-refractivity contribution in [1.82, 2.24) is 4.98 Å². The van der Waals surface area contributed by atoms with Gasteiger partial charge < -0.3 is 9.84 Å². The highest BCUT2D eigenvalue weighted by molar-refractivity contribution is 5.80. The number of rotatable bonds is 4. The fourth-order valence-corrected chi connectivity index (χ4v) is 3.55. The summed E-state index contributed by atoms with van der Waals surface area (Å²) in [5.41, 5.74) is -0.130. The molecule has 0 spiro atoms. The Hall–Kier alpha value is -2.53. The second kappa shape index (κ2) is 6.02. The highest BCUT2D eigenvalue weighted by Crippen LogP contribution is 2.56. The number of aliphatic hydroxyl groups is 1. The van der Waals surface area contributed by atoms with Gasteiger partial charge in [-0.1, -0.05) is 18.2 Å². The van der Waals surface area contributed by atoms with Gasteiger partial charge in [0.15, 0.2) is 0 Å². The van der Waals surface area contributed by atoms with E-state index in [0.717, 1.165) is 0 Å². The lowest BCUT2D eigenvalue weighted by atomic mass is 9.98. The van der Waals surface area contributed by atoms with Gasteiger partial charge in [0, 0.05) is 10.9 Å². The van der Waals surface area contributed by atoms with Crippen LogP contribution in [0.4, 0.5) is 8.78 Å². The number of hydrogen-bond acceptors (Lipinski definition) is 3. The van der Waals surface area contributed by atoms with Gasteiger partial charge in [0.2, 0.25) is 0 Å². The maximum Gasteiger partial charge on any atom is 0.149 e. The van der Waals surface area contributed by atoms with Gasteiger partial charge in [-0.25, -0.2) is 13.8 Å². The summed E-state index contributed by atoms with van der Waals surface area (Å²) in [6.45, 7) is 3.47. The second-order valence-electron chi connectivity index (χ2n) is 7.34. The minimum Gasteiger partial charge on any atom is -0.455 e. The van der Waals surface area contributed by atoms with Crippen LogP contribution >= 0.6 is 0 Å². The molecule has 134 valence electrons. The summed E-state index contributed by atoms with van der Waals surface area (Å²) >= 11 is 0. The second-order valence-corrected chi connectivity index (χ2v) is 7.34. The van der Waals surface area contributed by atoms with Crippen LogP contribution in [0.5, 0.6) is 11.5 Å². The topological polar surface area (TPSA) is 42.4 Å². The van der Waals surface area contributed by atoms with Crippen LogP contribution in [0.25, 0.3) is 10.9 Å². The van der Waals surface area contributed by atoms with Gasteiger partial charge in [-0.3, -0.25) is 0 Å². The van der Waals surface area contributed by atoms with E-state index in [4.69, 9.17) is 4.74 Å². The Labute approximate surface area is 150 Å². The van der Waals surface area contributed by atoms with E-state index in [0.29, 0.717) is 28.9 Å². The standard InChI is InChI=1S/C21H19F2NO2/c1-21(2,25)15-10-14(15)19-16(22)6-4-8-18(19)26-13-9-12-5-3-7-17(23)20(12)24-11-13/h3-9,11,14-15,25H,10H2,1-2H3. The largest absolute Gasteiger partial charge is 0.455 e. The van der Waals surface area contributed by atoms with Crippen molar-refractivity contribution in [1.29, 1.82) is 0 Å². The molecule has 4 rings (SSSR count). The van der Waals surface area contributed by atoms with Crippen molar-refractivity contribution in [3.05, 3.63) is 65.9 Å². The molecule has 2 atom stereocenters. The molecule has 1 N–H and O–H groups in total. The van der Waals surface area contributed by atoms with Crippen LogP contribution < -0.4 is 4.74 Å². The number of aromatic nitrogens is 1. The molecule has 0 aliphatic heterocycles. The number of benzene rings is 2. The third-order valence-electron chi connectivity index (χ3n) is 4.95. The molecule has 5 heteroatoms. The van der Waals surface area contributed by atoms with E-state index < -0.39 is 11.4 Å².